The molecule has 8 atom stereocenters. The number of methoxy groups -OCH3 is 1. The van der Waals surface area contributed by atoms with Crippen molar-refractivity contribution < 1.29 is 81.6 Å². The van der Waals surface area contributed by atoms with E-state index >= 15 is 0 Å². The molecule has 6 saturated carbocycles. The largest absolute Gasteiger partial charge is 0.462 e. The predicted octanol–water partition coefficient (Wildman–Crippen LogP) is 11.0. The standard InChI is InChI=1S/C19H34O7.C16H26O3.C15H28O2.C13H18O5/c1-5-18(2,3)17(21)25-13-19(22,12-24-14-23-4)11-16(20)26-15-9-7-6-8-10-15;1-4-14(2,3)13(17)19-16-8-11-5-12(9-16)7-15(18,6-11)10-16;1-7-14(5,6)12(16)17-15(13(2,3)4)10-8-9-11-15;1-4-13(2,3)12(15)18-9-7-5-6-8(16-7)10(9)17-11(6)14/h15,22H,5-14H2,1-4H3;11-12,18H,4-10H2,1-3H3;7-11H2,1-6H3;6-10H,4-5H2,1-3H3. The maximum atomic E-state index is 12.4. The number of hydrogen-bond acceptors (Lipinski definition) is 17. The summed E-state index contributed by atoms with van der Waals surface area (Å²) in [6.45, 7) is 29.0. The van der Waals surface area contributed by atoms with Crippen LogP contribution >= 0.6 is 0 Å². The SMILES string of the molecule is CCC(C)(C)C(=O)OC1(C(C)(C)C)CCCC1.CCC(C)(C)C(=O)OC12CC3CC(CC(O)(C3)C1)C2.CCC(C)(C)C(=O)OC1C2CC3C(=O)OC1C3O2.CCC(C)(C)C(=O)OCC(O)(COCOC)CC(=O)OC1CCCCC1. The molecule has 17 nitrogen and oxygen atoms in total. The molecule has 17 heteroatoms. The highest BCUT2D eigenvalue weighted by molar-refractivity contribution is 5.79. The highest BCUT2D eigenvalue weighted by Gasteiger charge is 2.65. The molecule has 0 radical (unpaired) electrons. The number of carbonyl (C=O) groups excluding carboxylic acids is 6. The van der Waals surface area contributed by atoms with Crippen LogP contribution in [0.1, 0.15) is 239 Å². The Morgan fingerprint density at radius 3 is 1.68 bits per heavy atom. The molecule has 0 aromatic heterocycles. The van der Waals surface area contributed by atoms with E-state index in [4.69, 9.17) is 42.6 Å². The first-order valence-corrected chi connectivity index (χ1v) is 30.5. The summed E-state index contributed by atoms with van der Waals surface area (Å²) < 4.78 is 49.2. The minimum Gasteiger partial charge on any atom is -0.462 e. The highest BCUT2D eigenvalue weighted by atomic mass is 16.7. The van der Waals surface area contributed by atoms with Gasteiger partial charge in [0.15, 0.2) is 12.2 Å². The molecule has 6 aliphatic carbocycles. The maximum Gasteiger partial charge on any atom is 0.312 e. The van der Waals surface area contributed by atoms with E-state index in [-0.39, 0.29) is 96.6 Å². The van der Waals surface area contributed by atoms with Crippen LogP contribution in [0.2, 0.25) is 0 Å². The lowest BCUT2D eigenvalue weighted by molar-refractivity contribution is -0.225. The Kier molecular flexibility index (Phi) is 22.5. The lowest BCUT2D eigenvalue weighted by atomic mass is 9.52. The fourth-order valence-electron chi connectivity index (χ4n) is 12.6. The van der Waals surface area contributed by atoms with E-state index in [1.807, 2.05) is 69.2 Å². The van der Waals surface area contributed by atoms with E-state index < -0.39 is 51.6 Å². The van der Waals surface area contributed by atoms with Crippen molar-refractivity contribution in [3.8, 4) is 0 Å². The number of hydrogen-bond donors (Lipinski definition) is 2. The van der Waals surface area contributed by atoms with E-state index in [1.54, 1.807) is 13.8 Å². The molecule has 6 bridgehead atoms. The average molecular weight is 1140 g/mol. The monoisotopic (exact) mass is 1130 g/mol. The average Bonchev–Trinajstić information content (AvgIpc) is 4.17. The second-order valence-electron chi connectivity index (χ2n) is 28.8. The molecule has 0 amide bonds. The summed E-state index contributed by atoms with van der Waals surface area (Å²) in [4.78, 5) is 72.7. The van der Waals surface area contributed by atoms with Crippen LogP contribution in [0.15, 0.2) is 0 Å². The van der Waals surface area contributed by atoms with Crippen LogP contribution < -0.4 is 0 Å². The summed E-state index contributed by atoms with van der Waals surface area (Å²) >= 11 is 0. The Labute approximate surface area is 479 Å². The van der Waals surface area contributed by atoms with Crippen LogP contribution in [-0.2, 0) is 71.4 Å². The molecule has 0 aromatic carbocycles. The third kappa shape index (κ3) is 16.7. The Morgan fingerprint density at radius 1 is 0.637 bits per heavy atom. The topological polar surface area (TPSA) is 226 Å². The summed E-state index contributed by atoms with van der Waals surface area (Å²) in [5, 5.41) is 21.4. The first-order chi connectivity index (χ1) is 37.1. The van der Waals surface area contributed by atoms with Gasteiger partial charge in [0.05, 0.1) is 52.3 Å². The minimum absolute atomic E-state index is 0.0307. The van der Waals surface area contributed by atoms with Crippen molar-refractivity contribution in [1.82, 2.24) is 0 Å². The van der Waals surface area contributed by atoms with Gasteiger partial charge in [-0.15, -0.1) is 0 Å². The van der Waals surface area contributed by atoms with Crippen LogP contribution in [-0.4, -0.2) is 126 Å². The predicted molar refractivity (Wildman–Crippen MR) is 299 cm³/mol. The quantitative estimate of drug-likeness (QED) is 0.0500. The molecular formula is C63H106O17. The van der Waals surface area contributed by atoms with Crippen molar-refractivity contribution in [3.63, 3.8) is 0 Å². The zero-order valence-electron chi connectivity index (χ0n) is 52.1. The first-order valence-electron chi connectivity index (χ1n) is 30.5. The van der Waals surface area contributed by atoms with Gasteiger partial charge in [-0.2, -0.15) is 0 Å². The van der Waals surface area contributed by atoms with Gasteiger partial charge >= 0.3 is 35.8 Å². The molecule has 2 N–H and O–H groups in total. The molecular weight excluding hydrogens is 1030 g/mol. The Morgan fingerprint density at radius 2 is 1.16 bits per heavy atom. The van der Waals surface area contributed by atoms with Gasteiger partial charge in [-0.1, -0.05) is 54.9 Å². The lowest BCUT2D eigenvalue weighted by Gasteiger charge is -2.59. The van der Waals surface area contributed by atoms with Gasteiger partial charge in [-0.05, 0) is 183 Å². The summed E-state index contributed by atoms with van der Waals surface area (Å²) in [6.07, 6.45) is 17.0. The Hall–Kier alpha value is -3.38. The third-order valence-electron chi connectivity index (χ3n) is 19.5. The second-order valence-corrected chi connectivity index (χ2v) is 28.8. The first kappa shape index (κ1) is 67.4. The molecule has 80 heavy (non-hydrogen) atoms. The fourth-order valence-corrected chi connectivity index (χ4v) is 12.6. The van der Waals surface area contributed by atoms with Gasteiger partial charge in [0.25, 0.3) is 0 Å². The summed E-state index contributed by atoms with van der Waals surface area (Å²) in [6, 6.07) is 0. The van der Waals surface area contributed by atoms with Gasteiger partial charge in [-0.3, -0.25) is 28.8 Å². The molecule has 9 fully saturated rings. The van der Waals surface area contributed by atoms with Crippen molar-refractivity contribution in [2.75, 3.05) is 27.1 Å². The van der Waals surface area contributed by atoms with Gasteiger partial charge in [0.1, 0.15) is 42.4 Å². The third-order valence-corrected chi connectivity index (χ3v) is 19.5. The van der Waals surface area contributed by atoms with Crippen molar-refractivity contribution in [2.45, 2.75) is 292 Å². The smallest absolute Gasteiger partial charge is 0.312 e. The van der Waals surface area contributed by atoms with Gasteiger partial charge in [0.2, 0.25) is 0 Å². The number of fused-ring (bicyclic) bond motifs is 1. The highest BCUT2D eigenvalue weighted by Crippen LogP contribution is 2.59. The number of ether oxygens (including phenoxy) is 9. The molecule has 0 aromatic rings. The molecule has 3 aliphatic heterocycles. The van der Waals surface area contributed by atoms with Gasteiger partial charge < -0.3 is 52.8 Å². The van der Waals surface area contributed by atoms with E-state index in [1.165, 1.54) is 26.4 Å². The Bertz CT molecular complexity index is 2090. The summed E-state index contributed by atoms with van der Waals surface area (Å²) in [5.41, 5.74) is -4.71. The second kappa shape index (κ2) is 26.7. The van der Waals surface area contributed by atoms with Crippen LogP contribution in [0.25, 0.3) is 0 Å². The zero-order chi connectivity index (χ0) is 59.9. The van der Waals surface area contributed by atoms with E-state index in [0.29, 0.717) is 37.5 Å². The molecule has 9 aliphatic rings. The van der Waals surface area contributed by atoms with E-state index in [0.717, 1.165) is 83.5 Å². The van der Waals surface area contributed by atoms with Crippen LogP contribution in [0.4, 0.5) is 0 Å². The summed E-state index contributed by atoms with van der Waals surface area (Å²) in [7, 11) is 1.46. The lowest BCUT2D eigenvalue weighted by Crippen LogP contribution is -2.61. The van der Waals surface area contributed by atoms with Crippen LogP contribution in [0.3, 0.4) is 0 Å². The normalized spacial score (nSPS) is 30.0. The molecule has 9 rings (SSSR count). The number of rotatable bonds is 20. The van der Waals surface area contributed by atoms with Crippen LogP contribution in [0.5, 0.6) is 0 Å². The van der Waals surface area contributed by atoms with Gasteiger partial charge in [-0.25, -0.2) is 0 Å². The number of aliphatic hydroxyl groups is 2. The molecule has 460 valence electrons. The Balaban J connectivity index is 0.000000199. The summed E-state index contributed by atoms with van der Waals surface area (Å²) in [5.74, 6) is -0.525. The van der Waals surface area contributed by atoms with Gasteiger partial charge in [0, 0.05) is 18.9 Å². The maximum absolute atomic E-state index is 12.4. The molecule has 3 saturated heterocycles. The number of esters is 6. The molecule has 0 spiro atoms. The van der Waals surface area contributed by atoms with E-state index in [2.05, 4.69) is 20.8 Å². The van der Waals surface area contributed by atoms with Crippen LogP contribution in [0, 0.1) is 44.8 Å². The van der Waals surface area contributed by atoms with E-state index in [9.17, 15) is 39.0 Å². The van der Waals surface area contributed by atoms with Crippen molar-refractivity contribution in [1.29, 1.82) is 0 Å². The molecule has 3 heterocycles. The van der Waals surface area contributed by atoms with Crippen molar-refractivity contribution >= 4 is 35.8 Å². The van der Waals surface area contributed by atoms with Crippen molar-refractivity contribution in [2.24, 2.45) is 44.8 Å². The number of carbonyl (C=O) groups is 6. The molecule has 8 unspecified atom stereocenters. The van der Waals surface area contributed by atoms with Crippen molar-refractivity contribution in [3.05, 3.63) is 0 Å². The minimum atomic E-state index is -1.65. The fraction of sp³-hybridized carbons (Fsp3) is 0.905. The zero-order valence-corrected chi connectivity index (χ0v) is 52.1.